The number of benzene rings is 1. The maximum Gasteiger partial charge on any atom is 0.213 e. The third kappa shape index (κ3) is 1.43. The molecule has 0 aliphatic rings. The van der Waals surface area contributed by atoms with Crippen molar-refractivity contribution in [2.75, 3.05) is 7.11 Å². The fraction of sp³-hybridized carbons (Fsp3) is 0.250. The molecule has 0 aliphatic carbocycles. The van der Waals surface area contributed by atoms with E-state index in [2.05, 4.69) is 30.1 Å². The summed E-state index contributed by atoms with van der Waals surface area (Å²) in [7, 11) is 1.64. The Morgan fingerprint density at radius 2 is 2.07 bits per heavy atom. The van der Waals surface area contributed by atoms with Crippen molar-refractivity contribution in [3.63, 3.8) is 0 Å². The van der Waals surface area contributed by atoms with Gasteiger partial charge in [0, 0.05) is 11.5 Å². The number of methoxy groups -OCH3 is 1. The van der Waals surface area contributed by atoms with Crippen LogP contribution in [0.1, 0.15) is 12.5 Å². The Labute approximate surface area is 83.5 Å². The highest BCUT2D eigenvalue weighted by molar-refractivity contribution is 5.82. The first-order valence-electron chi connectivity index (χ1n) is 4.77. The Kier molecular flexibility index (Phi) is 2.35. The smallest absolute Gasteiger partial charge is 0.213 e. The molecule has 0 fully saturated rings. The van der Waals surface area contributed by atoms with Gasteiger partial charge in [0.2, 0.25) is 5.88 Å². The van der Waals surface area contributed by atoms with E-state index in [0.29, 0.717) is 5.88 Å². The van der Waals surface area contributed by atoms with Crippen LogP contribution in [0, 0.1) is 0 Å². The second-order valence-corrected chi connectivity index (χ2v) is 3.20. The van der Waals surface area contributed by atoms with E-state index in [1.807, 2.05) is 12.1 Å². The first kappa shape index (κ1) is 9.00. The molecule has 1 aromatic heterocycles. The van der Waals surface area contributed by atoms with Crippen LogP contribution in [0.5, 0.6) is 5.88 Å². The number of nitrogens with zero attached hydrogens (tertiary/aromatic N) is 1. The number of rotatable bonds is 2. The summed E-state index contributed by atoms with van der Waals surface area (Å²) in [6.07, 6.45) is 0.998. The molecule has 0 atom stereocenters. The van der Waals surface area contributed by atoms with E-state index in [-0.39, 0.29) is 0 Å². The lowest BCUT2D eigenvalue weighted by Crippen LogP contribution is -1.91. The van der Waals surface area contributed by atoms with Crippen LogP contribution in [-0.2, 0) is 6.42 Å². The first-order chi connectivity index (χ1) is 6.85. The highest BCUT2D eigenvalue weighted by Gasteiger charge is 2.01. The Bertz CT molecular complexity index is 451. The molecular weight excluding hydrogens is 174 g/mol. The lowest BCUT2D eigenvalue weighted by molar-refractivity contribution is 0.399. The summed E-state index contributed by atoms with van der Waals surface area (Å²) in [6, 6.07) is 10.2. The molecule has 1 aromatic carbocycles. The summed E-state index contributed by atoms with van der Waals surface area (Å²) in [5.74, 6) is 0.679. The van der Waals surface area contributed by atoms with Crippen LogP contribution >= 0.6 is 0 Å². The number of pyridine rings is 1. The molecule has 2 nitrogen and oxygen atoms in total. The van der Waals surface area contributed by atoms with Crippen LogP contribution in [0.15, 0.2) is 30.3 Å². The van der Waals surface area contributed by atoms with E-state index in [9.17, 15) is 0 Å². The predicted octanol–water partition coefficient (Wildman–Crippen LogP) is 2.81. The zero-order valence-electron chi connectivity index (χ0n) is 8.45. The predicted molar refractivity (Wildman–Crippen MR) is 57.7 cm³/mol. The van der Waals surface area contributed by atoms with Gasteiger partial charge in [-0.25, -0.2) is 4.98 Å². The molecule has 72 valence electrons. The fourth-order valence-electron chi connectivity index (χ4n) is 1.59. The third-order valence-corrected chi connectivity index (χ3v) is 2.37. The lowest BCUT2D eigenvalue weighted by atomic mass is 10.1. The van der Waals surface area contributed by atoms with E-state index in [0.717, 1.165) is 11.9 Å². The van der Waals surface area contributed by atoms with Gasteiger partial charge >= 0.3 is 0 Å². The van der Waals surface area contributed by atoms with Crippen molar-refractivity contribution < 1.29 is 4.74 Å². The van der Waals surface area contributed by atoms with Gasteiger partial charge in [-0.15, -0.1) is 0 Å². The second-order valence-electron chi connectivity index (χ2n) is 3.20. The van der Waals surface area contributed by atoms with E-state index in [1.165, 1.54) is 10.9 Å². The topological polar surface area (TPSA) is 22.1 Å². The molecule has 0 saturated heterocycles. The quantitative estimate of drug-likeness (QED) is 0.721. The highest BCUT2D eigenvalue weighted by Crippen LogP contribution is 2.20. The second kappa shape index (κ2) is 3.66. The monoisotopic (exact) mass is 187 g/mol. The zero-order chi connectivity index (χ0) is 9.97. The number of fused-ring (bicyclic) bond motifs is 1. The summed E-state index contributed by atoms with van der Waals surface area (Å²) in [4.78, 5) is 4.44. The van der Waals surface area contributed by atoms with Crippen molar-refractivity contribution >= 4 is 10.9 Å². The van der Waals surface area contributed by atoms with E-state index in [4.69, 9.17) is 4.74 Å². The van der Waals surface area contributed by atoms with Crippen LogP contribution in [0.4, 0.5) is 0 Å². The Balaban J connectivity index is 2.70. The molecule has 2 rings (SSSR count). The van der Waals surface area contributed by atoms with Gasteiger partial charge < -0.3 is 4.74 Å². The van der Waals surface area contributed by atoms with Gasteiger partial charge in [-0.1, -0.05) is 25.1 Å². The molecule has 0 N–H and O–H groups in total. The maximum absolute atomic E-state index is 5.11. The molecule has 1 heterocycles. The van der Waals surface area contributed by atoms with Crippen LogP contribution in [0.2, 0.25) is 0 Å². The number of hydrogen-bond donors (Lipinski definition) is 0. The van der Waals surface area contributed by atoms with Gasteiger partial charge in [0.1, 0.15) is 0 Å². The largest absolute Gasteiger partial charge is 0.481 e. The Hall–Kier alpha value is -1.57. The van der Waals surface area contributed by atoms with Gasteiger partial charge in [0.25, 0.3) is 0 Å². The highest BCUT2D eigenvalue weighted by atomic mass is 16.5. The fourth-order valence-corrected chi connectivity index (χ4v) is 1.59. The number of ether oxygens (including phenoxy) is 1. The summed E-state index contributed by atoms with van der Waals surface area (Å²) in [6.45, 7) is 2.13. The van der Waals surface area contributed by atoms with Crippen LogP contribution in [0.25, 0.3) is 10.9 Å². The van der Waals surface area contributed by atoms with Gasteiger partial charge in [0.15, 0.2) is 0 Å². The van der Waals surface area contributed by atoms with Gasteiger partial charge in [-0.05, 0) is 18.1 Å². The minimum absolute atomic E-state index is 0.679. The molecule has 0 bridgehead atoms. The molecule has 14 heavy (non-hydrogen) atoms. The molecule has 0 radical (unpaired) electrons. The van der Waals surface area contributed by atoms with Crippen molar-refractivity contribution in [2.24, 2.45) is 0 Å². The lowest BCUT2D eigenvalue weighted by Gasteiger charge is -2.04. The van der Waals surface area contributed by atoms with Crippen LogP contribution in [-0.4, -0.2) is 12.1 Å². The molecule has 0 aliphatic heterocycles. The van der Waals surface area contributed by atoms with Crippen molar-refractivity contribution in [2.45, 2.75) is 13.3 Å². The third-order valence-electron chi connectivity index (χ3n) is 2.37. The Morgan fingerprint density at radius 3 is 2.79 bits per heavy atom. The average molecular weight is 187 g/mol. The Morgan fingerprint density at radius 1 is 1.21 bits per heavy atom. The van der Waals surface area contributed by atoms with E-state index >= 15 is 0 Å². The van der Waals surface area contributed by atoms with Crippen molar-refractivity contribution in [3.8, 4) is 5.88 Å². The molecule has 0 unspecified atom stereocenters. The summed E-state index contributed by atoms with van der Waals surface area (Å²) >= 11 is 0. The molecule has 0 amide bonds. The van der Waals surface area contributed by atoms with Crippen molar-refractivity contribution in [1.82, 2.24) is 4.98 Å². The number of aryl methyl sites for hydroxylation is 1. The summed E-state index contributed by atoms with van der Waals surface area (Å²) < 4.78 is 5.11. The number of hydrogen-bond acceptors (Lipinski definition) is 2. The molecule has 2 aromatic rings. The minimum Gasteiger partial charge on any atom is -0.481 e. The van der Waals surface area contributed by atoms with Gasteiger partial charge in [-0.3, -0.25) is 0 Å². The first-order valence-corrected chi connectivity index (χ1v) is 4.77. The van der Waals surface area contributed by atoms with Gasteiger partial charge in [-0.2, -0.15) is 0 Å². The molecular formula is C12H13NO. The summed E-state index contributed by atoms with van der Waals surface area (Å²) in [5.41, 5.74) is 2.32. The normalized spacial score (nSPS) is 10.4. The van der Waals surface area contributed by atoms with Crippen LogP contribution in [0.3, 0.4) is 0 Å². The molecule has 0 saturated carbocycles. The number of para-hydroxylation sites is 1. The standard InChI is InChI=1S/C12H13NO/c1-3-9-5-4-6-10-7-8-11(14-2)13-12(9)10/h4-8H,3H2,1-2H3. The average Bonchev–Trinajstić information content (AvgIpc) is 2.27. The van der Waals surface area contributed by atoms with Crippen LogP contribution < -0.4 is 4.74 Å². The molecule has 2 heteroatoms. The van der Waals surface area contributed by atoms with Crippen molar-refractivity contribution in [1.29, 1.82) is 0 Å². The van der Waals surface area contributed by atoms with Gasteiger partial charge in [0.05, 0.1) is 12.6 Å². The summed E-state index contributed by atoms with van der Waals surface area (Å²) in [5, 5.41) is 1.17. The van der Waals surface area contributed by atoms with E-state index < -0.39 is 0 Å². The SMILES string of the molecule is CCc1cccc2ccc(OC)nc12. The van der Waals surface area contributed by atoms with Crippen molar-refractivity contribution in [3.05, 3.63) is 35.9 Å². The minimum atomic E-state index is 0.679. The number of aromatic nitrogens is 1. The molecule has 0 spiro atoms. The van der Waals surface area contributed by atoms with E-state index in [1.54, 1.807) is 7.11 Å². The maximum atomic E-state index is 5.11. The zero-order valence-corrected chi connectivity index (χ0v) is 8.45.